The maximum absolute atomic E-state index is 5.81. The quantitative estimate of drug-likeness (QED) is 0.741. The van der Waals surface area contributed by atoms with E-state index in [2.05, 4.69) is 18.7 Å². The van der Waals surface area contributed by atoms with Crippen LogP contribution in [0, 0.1) is 5.41 Å². The third-order valence-corrected chi connectivity index (χ3v) is 4.28. The summed E-state index contributed by atoms with van der Waals surface area (Å²) in [5, 5.41) is 0. The van der Waals surface area contributed by atoms with Gasteiger partial charge in [0, 0.05) is 25.0 Å². The van der Waals surface area contributed by atoms with Gasteiger partial charge in [0.1, 0.15) is 0 Å². The molecule has 0 bridgehead atoms. The summed E-state index contributed by atoms with van der Waals surface area (Å²) in [7, 11) is 0. The molecule has 0 N–H and O–H groups in total. The van der Waals surface area contributed by atoms with E-state index >= 15 is 0 Å². The molecule has 4 nitrogen and oxygen atoms in total. The number of rotatable bonds is 5. The van der Waals surface area contributed by atoms with Crippen LogP contribution in [0.5, 0.6) is 0 Å². The van der Waals surface area contributed by atoms with Crippen LogP contribution in [0.15, 0.2) is 0 Å². The summed E-state index contributed by atoms with van der Waals surface area (Å²) in [5.41, 5.74) is 0.428. The molecular formula is C14H25NO3. The van der Waals surface area contributed by atoms with E-state index in [9.17, 15) is 0 Å². The van der Waals surface area contributed by atoms with E-state index < -0.39 is 0 Å². The smallest absolute Gasteiger partial charge is 0.0976 e. The zero-order valence-electron chi connectivity index (χ0n) is 11.6. The van der Waals surface area contributed by atoms with Crippen molar-refractivity contribution >= 4 is 0 Å². The van der Waals surface area contributed by atoms with Gasteiger partial charge in [-0.05, 0) is 26.7 Å². The first-order valence-corrected chi connectivity index (χ1v) is 7.24. The Bertz CT molecular complexity index is 277. The molecule has 1 saturated carbocycles. The molecule has 2 heterocycles. The van der Waals surface area contributed by atoms with E-state index in [1.165, 1.54) is 12.8 Å². The topological polar surface area (TPSA) is 30.9 Å². The molecule has 2 saturated heterocycles. The molecule has 0 unspecified atom stereocenters. The van der Waals surface area contributed by atoms with Crippen molar-refractivity contribution in [2.24, 2.45) is 5.41 Å². The minimum absolute atomic E-state index is 0.306. The van der Waals surface area contributed by atoms with Crippen molar-refractivity contribution in [2.45, 2.75) is 45.0 Å². The first-order valence-electron chi connectivity index (χ1n) is 7.24. The fourth-order valence-electron chi connectivity index (χ4n) is 3.01. The molecule has 1 aliphatic carbocycles. The van der Waals surface area contributed by atoms with Gasteiger partial charge in [-0.1, -0.05) is 0 Å². The number of ether oxygens (including phenoxy) is 3. The first-order chi connectivity index (χ1) is 8.67. The second kappa shape index (κ2) is 5.08. The van der Waals surface area contributed by atoms with E-state index in [1.54, 1.807) is 0 Å². The fourth-order valence-corrected chi connectivity index (χ4v) is 3.01. The molecule has 18 heavy (non-hydrogen) atoms. The Balaban J connectivity index is 1.48. The van der Waals surface area contributed by atoms with E-state index in [-0.39, 0.29) is 0 Å². The molecule has 0 radical (unpaired) electrons. The Morgan fingerprint density at radius 2 is 1.78 bits per heavy atom. The van der Waals surface area contributed by atoms with Crippen LogP contribution in [0.25, 0.3) is 0 Å². The Morgan fingerprint density at radius 3 is 2.28 bits per heavy atom. The lowest BCUT2D eigenvalue weighted by Crippen LogP contribution is -2.36. The van der Waals surface area contributed by atoms with Crippen molar-refractivity contribution in [3.8, 4) is 0 Å². The van der Waals surface area contributed by atoms with Crippen molar-refractivity contribution in [3.63, 3.8) is 0 Å². The summed E-state index contributed by atoms with van der Waals surface area (Å²) in [6.45, 7) is 9.89. The second-order valence-corrected chi connectivity index (χ2v) is 6.37. The highest BCUT2D eigenvalue weighted by molar-refractivity contribution is 4.99. The minimum Gasteiger partial charge on any atom is -0.378 e. The Morgan fingerprint density at radius 1 is 1.17 bits per heavy atom. The number of nitrogens with zero attached hydrogens (tertiary/aromatic N) is 1. The highest BCUT2D eigenvalue weighted by atomic mass is 16.6. The largest absolute Gasteiger partial charge is 0.378 e. The highest BCUT2D eigenvalue weighted by Crippen LogP contribution is 2.47. The van der Waals surface area contributed by atoms with Crippen LogP contribution >= 0.6 is 0 Å². The minimum atomic E-state index is 0.306. The van der Waals surface area contributed by atoms with Crippen LogP contribution in [0.4, 0.5) is 0 Å². The van der Waals surface area contributed by atoms with Gasteiger partial charge in [-0.25, -0.2) is 0 Å². The molecule has 0 amide bonds. The fraction of sp³-hybridized carbons (Fsp3) is 1.00. The number of hydrogen-bond acceptors (Lipinski definition) is 4. The lowest BCUT2D eigenvalue weighted by molar-refractivity contribution is -0.116. The van der Waals surface area contributed by atoms with Crippen molar-refractivity contribution in [2.75, 3.05) is 39.5 Å². The van der Waals surface area contributed by atoms with Gasteiger partial charge in [0.25, 0.3) is 0 Å². The van der Waals surface area contributed by atoms with Crippen LogP contribution in [0.3, 0.4) is 0 Å². The first kappa shape index (κ1) is 12.9. The monoisotopic (exact) mass is 255 g/mol. The third kappa shape index (κ3) is 2.87. The summed E-state index contributed by atoms with van der Waals surface area (Å²) in [6.07, 6.45) is 3.58. The maximum atomic E-state index is 5.81. The molecule has 3 aliphatic rings. The summed E-state index contributed by atoms with van der Waals surface area (Å²) in [4.78, 5) is 2.51. The lowest BCUT2D eigenvalue weighted by Gasteiger charge is -2.24. The van der Waals surface area contributed by atoms with E-state index in [4.69, 9.17) is 14.2 Å². The highest BCUT2D eigenvalue weighted by Gasteiger charge is 2.47. The van der Waals surface area contributed by atoms with Gasteiger partial charge in [0.15, 0.2) is 0 Å². The zero-order valence-corrected chi connectivity index (χ0v) is 11.6. The standard InChI is InChI=1S/C14H25NO3/c1-11(2)18-10-14(3-4-14)9-15-7-12-13(8-15)17-6-5-16-12/h11-13H,3-10H2,1-2H3/t12-,13-/m1/s1. The number of likely N-dealkylation sites (tertiary alicyclic amines) is 1. The Kier molecular flexibility index (Phi) is 3.63. The van der Waals surface area contributed by atoms with Crippen molar-refractivity contribution in [1.29, 1.82) is 0 Å². The van der Waals surface area contributed by atoms with Crippen molar-refractivity contribution in [1.82, 2.24) is 4.90 Å². The van der Waals surface area contributed by atoms with Crippen molar-refractivity contribution < 1.29 is 14.2 Å². The van der Waals surface area contributed by atoms with Gasteiger partial charge >= 0.3 is 0 Å². The molecule has 4 heteroatoms. The predicted octanol–water partition coefficient (Wildman–Crippen LogP) is 1.29. The number of hydrogen-bond donors (Lipinski definition) is 0. The molecule has 0 spiro atoms. The van der Waals surface area contributed by atoms with Crippen LogP contribution < -0.4 is 0 Å². The number of fused-ring (bicyclic) bond motifs is 1. The van der Waals surface area contributed by atoms with Crippen LogP contribution in [-0.2, 0) is 14.2 Å². The van der Waals surface area contributed by atoms with Gasteiger partial charge in [-0.2, -0.15) is 0 Å². The van der Waals surface area contributed by atoms with Gasteiger partial charge in [0.05, 0.1) is 38.1 Å². The van der Waals surface area contributed by atoms with Crippen molar-refractivity contribution in [3.05, 3.63) is 0 Å². The van der Waals surface area contributed by atoms with E-state index in [1.807, 2.05) is 0 Å². The second-order valence-electron chi connectivity index (χ2n) is 6.37. The van der Waals surface area contributed by atoms with E-state index in [0.29, 0.717) is 23.7 Å². The molecule has 2 atom stereocenters. The van der Waals surface area contributed by atoms with Crippen LogP contribution in [0.2, 0.25) is 0 Å². The van der Waals surface area contributed by atoms with Crippen LogP contribution in [0.1, 0.15) is 26.7 Å². The molecule has 0 aromatic carbocycles. The van der Waals surface area contributed by atoms with Gasteiger partial charge in [-0.3, -0.25) is 4.90 Å². The van der Waals surface area contributed by atoms with Gasteiger partial charge in [0.2, 0.25) is 0 Å². The SMILES string of the molecule is CC(C)OCC1(CN2C[C@H]3OCCO[C@@H]3C2)CC1. The molecule has 0 aromatic heterocycles. The summed E-state index contributed by atoms with van der Waals surface area (Å²) in [6, 6.07) is 0. The lowest BCUT2D eigenvalue weighted by atomic mass is 10.1. The summed E-state index contributed by atoms with van der Waals surface area (Å²) >= 11 is 0. The summed E-state index contributed by atoms with van der Waals surface area (Å²) in [5.74, 6) is 0. The molecule has 3 fully saturated rings. The Labute approximate surface area is 110 Å². The predicted molar refractivity (Wildman–Crippen MR) is 68.7 cm³/mol. The molecule has 2 aliphatic heterocycles. The zero-order chi connectivity index (χ0) is 12.6. The average molecular weight is 255 g/mol. The molecule has 0 aromatic rings. The third-order valence-electron chi connectivity index (χ3n) is 4.28. The van der Waals surface area contributed by atoms with Crippen LogP contribution in [-0.4, -0.2) is 62.7 Å². The molecule has 3 rings (SSSR count). The maximum Gasteiger partial charge on any atom is 0.0976 e. The van der Waals surface area contributed by atoms with Gasteiger partial charge < -0.3 is 14.2 Å². The normalized spacial score (nSPS) is 34.8. The molecule has 104 valence electrons. The molecular weight excluding hydrogens is 230 g/mol. The summed E-state index contributed by atoms with van der Waals surface area (Å²) < 4.78 is 17.3. The van der Waals surface area contributed by atoms with Gasteiger partial charge in [-0.15, -0.1) is 0 Å². The Hall–Kier alpha value is -0.160. The van der Waals surface area contributed by atoms with E-state index in [0.717, 1.165) is 39.5 Å². The average Bonchev–Trinajstić information content (AvgIpc) is 2.98.